The molecule has 5 nitrogen and oxygen atoms in total. The van der Waals surface area contributed by atoms with E-state index in [1.165, 1.54) is 24.2 Å². The quantitative estimate of drug-likeness (QED) is 0.895. The molecule has 0 radical (unpaired) electrons. The van der Waals surface area contributed by atoms with Gasteiger partial charge < -0.3 is 5.32 Å². The summed E-state index contributed by atoms with van der Waals surface area (Å²) in [5.74, 6) is -0.285. The fraction of sp³-hybridized carbons (Fsp3) is 0.500. The highest BCUT2D eigenvalue weighted by molar-refractivity contribution is 6.10. The van der Waals surface area contributed by atoms with Gasteiger partial charge in [-0.05, 0) is 39.3 Å². The van der Waals surface area contributed by atoms with Crippen LogP contribution in [0.4, 0.5) is 0 Å². The van der Waals surface area contributed by atoms with Crippen LogP contribution in [0, 0.1) is 0 Å². The van der Waals surface area contributed by atoms with Gasteiger partial charge in [0, 0.05) is 35.5 Å². The molecule has 0 saturated carbocycles. The molecular weight excluding hydrogens is 314 g/mol. The van der Waals surface area contributed by atoms with Crippen LogP contribution in [0.2, 0.25) is 0 Å². The molecular formula is C20H27N3O2. The highest BCUT2D eigenvalue weighted by Crippen LogP contribution is 2.30. The molecule has 2 aliphatic rings. The Labute approximate surface area is 149 Å². The van der Waals surface area contributed by atoms with Crippen molar-refractivity contribution in [2.24, 2.45) is 0 Å². The summed E-state index contributed by atoms with van der Waals surface area (Å²) in [6.07, 6.45) is 3.73. The summed E-state index contributed by atoms with van der Waals surface area (Å²) in [4.78, 5) is 28.7. The predicted molar refractivity (Wildman–Crippen MR) is 99.0 cm³/mol. The predicted octanol–water partition coefficient (Wildman–Crippen LogP) is 2.49. The summed E-state index contributed by atoms with van der Waals surface area (Å²) in [5, 5.41) is 2.98. The maximum absolute atomic E-state index is 12.4. The van der Waals surface area contributed by atoms with E-state index in [-0.39, 0.29) is 18.4 Å². The lowest BCUT2D eigenvalue weighted by molar-refractivity contribution is -0.121. The van der Waals surface area contributed by atoms with Crippen molar-refractivity contribution in [3.8, 4) is 0 Å². The zero-order chi connectivity index (χ0) is 18.0. The molecule has 0 bridgehead atoms. The number of carbonyl (C=O) groups excluding carboxylic acids is 2. The van der Waals surface area contributed by atoms with Crippen molar-refractivity contribution in [3.63, 3.8) is 0 Å². The van der Waals surface area contributed by atoms with Gasteiger partial charge in [-0.1, -0.05) is 31.2 Å². The van der Waals surface area contributed by atoms with Gasteiger partial charge in [-0.25, -0.2) is 0 Å². The van der Waals surface area contributed by atoms with Crippen molar-refractivity contribution in [3.05, 3.63) is 42.0 Å². The average Bonchev–Trinajstić information content (AvgIpc) is 2.85. The van der Waals surface area contributed by atoms with Gasteiger partial charge in [0.2, 0.25) is 5.91 Å². The Morgan fingerprint density at radius 1 is 1.32 bits per heavy atom. The molecule has 0 unspecified atom stereocenters. The number of hydrogen-bond donors (Lipinski definition) is 1. The Balaban J connectivity index is 1.53. The molecule has 2 amide bonds. The molecule has 0 aliphatic carbocycles. The van der Waals surface area contributed by atoms with Crippen LogP contribution in [0.5, 0.6) is 0 Å². The number of rotatable bonds is 5. The monoisotopic (exact) mass is 341 g/mol. The normalized spacial score (nSPS) is 22.0. The molecule has 134 valence electrons. The second-order valence-corrected chi connectivity index (χ2v) is 7.12. The van der Waals surface area contributed by atoms with Crippen molar-refractivity contribution in [2.45, 2.75) is 45.2 Å². The fourth-order valence-corrected chi connectivity index (χ4v) is 3.86. The summed E-state index contributed by atoms with van der Waals surface area (Å²) in [6, 6.07) is 8.22. The van der Waals surface area contributed by atoms with E-state index in [2.05, 4.69) is 30.6 Å². The van der Waals surface area contributed by atoms with E-state index in [1.54, 1.807) is 6.07 Å². The fourth-order valence-electron chi connectivity index (χ4n) is 3.86. The number of amides is 2. The van der Waals surface area contributed by atoms with Crippen molar-refractivity contribution in [1.82, 2.24) is 15.1 Å². The Morgan fingerprint density at radius 3 is 2.72 bits per heavy atom. The maximum atomic E-state index is 12.4. The average molecular weight is 341 g/mol. The van der Waals surface area contributed by atoms with Crippen LogP contribution in [0.15, 0.2) is 30.8 Å². The summed E-state index contributed by atoms with van der Waals surface area (Å²) in [5.41, 5.74) is 2.04. The van der Waals surface area contributed by atoms with E-state index in [1.807, 2.05) is 18.2 Å². The lowest BCUT2D eigenvalue weighted by Crippen LogP contribution is -2.49. The SMILES string of the molecule is C=C1c2ccccc2C(=O)N1CC(=O)NC[C@H](C)N1CCCC[C@H]1C. The van der Waals surface area contributed by atoms with E-state index in [9.17, 15) is 9.59 Å². The van der Waals surface area contributed by atoms with Crippen LogP contribution in [-0.4, -0.2) is 53.3 Å². The van der Waals surface area contributed by atoms with E-state index >= 15 is 0 Å². The third-order valence-electron chi connectivity index (χ3n) is 5.36. The first kappa shape index (κ1) is 17.7. The maximum Gasteiger partial charge on any atom is 0.259 e. The van der Waals surface area contributed by atoms with Gasteiger partial charge in [0.15, 0.2) is 0 Å². The van der Waals surface area contributed by atoms with Gasteiger partial charge >= 0.3 is 0 Å². The van der Waals surface area contributed by atoms with Crippen LogP contribution >= 0.6 is 0 Å². The largest absolute Gasteiger partial charge is 0.353 e. The summed E-state index contributed by atoms with van der Waals surface area (Å²) < 4.78 is 0. The van der Waals surface area contributed by atoms with E-state index in [0.717, 1.165) is 12.1 Å². The van der Waals surface area contributed by atoms with Gasteiger partial charge in [-0.3, -0.25) is 19.4 Å². The standard InChI is InChI=1S/C20H27N3O2/c1-14-8-6-7-11-22(14)15(2)12-21-19(24)13-23-16(3)17-9-4-5-10-18(17)20(23)25/h4-5,9-10,14-15H,3,6-8,11-13H2,1-2H3,(H,21,24)/t14-,15+/m1/s1. The smallest absolute Gasteiger partial charge is 0.259 e. The van der Waals surface area contributed by atoms with Crippen molar-refractivity contribution in [2.75, 3.05) is 19.6 Å². The molecule has 3 rings (SSSR count). The zero-order valence-corrected chi connectivity index (χ0v) is 15.1. The van der Waals surface area contributed by atoms with Crippen molar-refractivity contribution >= 4 is 17.5 Å². The number of benzene rings is 1. The minimum atomic E-state index is -0.145. The van der Waals surface area contributed by atoms with E-state index in [0.29, 0.717) is 29.9 Å². The number of hydrogen-bond acceptors (Lipinski definition) is 3. The lowest BCUT2D eigenvalue weighted by atomic mass is 10.0. The van der Waals surface area contributed by atoms with E-state index < -0.39 is 0 Å². The molecule has 2 atom stereocenters. The number of carbonyl (C=O) groups is 2. The Bertz CT molecular complexity index is 650. The topological polar surface area (TPSA) is 52.7 Å². The second-order valence-electron chi connectivity index (χ2n) is 7.12. The van der Waals surface area contributed by atoms with Crippen molar-refractivity contribution in [1.29, 1.82) is 0 Å². The van der Waals surface area contributed by atoms with Crippen LogP contribution in [0.3, 0.4) is 0 Å². The third kappa shape index (κ3) is 3.61. The van der Waals surface area contributed by atoms with Gasteiger partial charge in [0.1, 0.15) is 6.54 Å². The molecule has 2 heterocycles. The van der Waals surface area contributed by atoms with E-state index in [4.69, 9.17) is 0 Å². The van der Waals surface area contributed by atoms with Crippen LogP contribution in [0.25, 0.3) is 5.70 Å². The summed E-state index contributed by atoms with van der Waals surface area (Å²) in [7, 11) is 0. The lowest BCUT2D eigenvalue weighted by Gasteiger charge is -2.38. The molecule has 25 heavy (non-hydrogen) atoms. The Morgan fingerprint density at radius 2 is 2.04 bits per heavy atom. The van der Waals surface area contributed by atoms with Crippen molar-refractivity contribution < 1.29 is 9.59 Å². The number of piperidine rings is 1. The highest BCUT2D eigenvalue weighted by atomic mass is 16.2. The number of fused-ring (bicyclic) bond motifs is 1. The molecule has 2 aliphatic heterocycles. The third-order valence-corrected chi connectivity index (χ3v) is 5.36. The molecule has 0 aromatic heterocycles. The first-order valence-electron chi connectivity index (χ1n) is 9.11. The summed E-state index contributed by atoms with van der Waals surface area (Å²) in [6.45, 7) is 10.1. The van der Waals surface area contributed by atoms with Gasteiger partial charge in [0.25, 0.3) is 5.91 Å². The van der Waals surface area contributed by atoms with Gasteiger partial charge in [-0.2, -0.15) is 0 Å². The molecule has 1 aromatic rings. The van der Waals surface area contributed by atoms with Gasteiger partial charge in [-0.15, -0.1) is 0 Å². The van der Waals surface area contributed by atoms with Crippen LogP contribution < -0.4 is 5.32 Å². The van der Waals surface area contributed by atoms with Crippen LogP contribution in [0.1, 0.15) is 49.0 Å². The molecule has 1 fully saturated rings. The molecule has 0 spiro atoms. The molecule has 5 heteroatoms. The van der Waals surface area contributed by atoms with Gasteiger partial charge in [0.05, 0.1) is 0 Å². The highest BCUT2D eigenvalue weighted by Gasteiger charge is 2.32. The minimum absolute atomic E-state index is 0.0224. The molecule has 1 N–H and O–H groups in total. The second kappa shape index (κ2) is 7.40. The number of nitrogens with zero attached hydrogens (tertiary/aromatic N) is 2. The summed E-state index contributed by atoms with van der Waals surface area (Å²) >= 11 is 0. The Hall–Kier alpha value is -2.14. The zero-order valence-electron chi connectivity index (χ0n) is 15.1. The first-order chi connectivity index (χ1) is 12.0. The Kier molecular flexibility index (Phi) is 5.23. The molecule has 1 saturated heterocycles. The number of likely N-dealkylation sites (tertiary alicyclic amines) is 1. The molecule has 1 aromatic carbocycles. The number of nitrogens with one attached hydrogen (secondary N) is 1. The van der Waals surface area contributed by atoms with Crippen LogP contribution in [-0.2, 0) is 4.79 Å². The minimum Gasteiger partial charge on any atom is -0.353 e. The first-order valence-corrected chi connectivity index (χ1v) is 9.11.